The Kier molecular flexibility index (Phi) is 4.87. The van der Waals surface area contributed by atoms with Crippen LogP contribution in [0.25, 0.3) is 11.3 Å². The van der Waals surface area contributed by atoms with Gasteiger partial charge in [-0.1, -0.05) is 11.6 Å². The molecule has 0 radical (unpaired) electrons. The summed E-state index contributed by atoms with van der Waals surface area (Å²) in [5, 5.41) is 9.67. The number of pyridine rings is 1. The van der Waals surface area contributed by atoms with E-state index in [1.54, 1.807) is 0 Å². The number of nitrogens with zero attached hydrogens (tertiary/aromatic N) is 1. The molecule has 1 atom stereocenters. The third-order valence-corrected chi connectivity index (χ3v) is 7.92. The quantitative estimate of drug-likeness (QED) is 0.722. The minimum atomic E-state index is -3.78. The lowest BCUT2D eigenvalue weighted by Crippen LogP contribution is -2.30. The molecule has 1 aliphatic carbocycles. The summed E-state index contributed by atoms with van der Waals surface area (Å²) < 4.78 is 38.7. The highest BCUT2D eigenvalue weighted by Crippen LogP contribution is 2.46. The molecule has 1 aromatic heterocycles. The predicted octanol–water partition coefficient (Wildman–Crippen LogP) is 2.90. The molecule has 2 fully saturated rings. The minimum Gasteiger partial charge on any atom is -0.492 e. The van der Waals surface area contributed by atoms with Crippen LogP contribution in [0.3, 0.4) is 0 Å². The van der Waals surface area contributed by atoms with Crippen LogP contribution in [0, 0.1) is 5.92 Å². The van der Waals surface area contributed by atoms with Crippen LogP contribution in [0.4, 0.5) is 0 Å². The first kappa shape index (κ1) is 20.5. The van der Waals surface area contributed by atoms with Crippen LogP contribution in [0.2, 0.25) is 5.02 Å². The first-order chi connectivity index (χ1) is 14.8. The van der Waals surface area contributed by atoms with E-state index in [4.69, 9.17) is 21.1 Å². The van der Waals surface area contributed by atoms with Gasteiger partial charge < -0.3 is 19.1 Å². The molecular formula is C21H20ClNO7S. The number of fused-ring (bicyclic) bond motifs is 3. The summed E-state index contributed by atoms with van der Waals surface area (Å²) in [7, 11) is -3.78. The fraction of sp³-hybridized carbons (Fsp3) is 0.429. The van der Waals surface area contributed by atoms with Gasteiger partial charge in [-0.25, -0.2) is 13.2 Å². The summed E-state index contributed by atoms with van der Waals surface area (Å²) in [6.45, 7) is 1.63. The van der Waals surface area contributed by atoms with Crippen molar-refractivity contribution in [3.05, 3.63) is 44.7 Å². The monoisotopic (exact) mass is 465 g/mol. The van der Waals surface area contributed by atoms with Gasteiger partial charge in [0, 0.05) is 30.2 Å². The number of benzene rings is 1. The summed E-state index contributed by atoms with van der Waals surface area (Å²) in [4.78, 5) is 24.5. The van der Waals surface area contributed by atoms with Gasteiger partial charge in [0.1, 0.15) is 11.3 Å². The molecule has 1 saturated carbocycles. The number of hydrogen-bond acceptors (Lipinski definition) is 6. The highest BCUT2D eigenvalue weighted by molar-refractivity contribution is 7.90. The summed E-state index contributed by atoms with van der Waals surface area (Å²) >= 11 is 6.44. The Labute approximate surface area is 183 Å². The molecule has 2 aromatic rings. The van der Waals surface area contributed by atoms with Gasteiger partial charge in [0.15, 0.2) is 9.84 Å². The topological polar surface area (TPSA) is 112 Å². The number of aromatic carboxylic acids is 1. The molecule has 2 aliphatic heterocycles. The van der Waals surface area contributed by atoms with Crippen LogP contribution in [0.15, 0.2) is 27.9 Å². The van der Waals surface area contributed by atoms with Crippen molar-refractivity contribution in [1.82, 2.24) is 4.57 Å². The second kappa shape index (κ2) is 7.36. The maximum absolute atomic E-state index is 13.1. The van der Waals surface area contributed by atoms with E-state index in [0.29, 0.717) is 36.6 Å². The molecule has 10 heteroatoms. The second-order valence-corrected chi connectivity index (χ2v) is 10.6. The Morgan fingerprint density at radius 3 is 2.68 bits per heavy atom. The highest BCUT2D eigenvalue weighted by atomic mass is 35.5. The Bertz CT molecular complexity index is 1260. The normalized spacial score (nSPS) is 21.4. The van der Waals surface area contributed by atoms with Crippen molar-refractivity contribution >= 4 is 27.4 Å². The number of carboxylic acid groups (broad SMARTS) is 1. The average Bonchev–Trinajstić information content (AvgIpc) is 3.40. The van der Waals surface area contributed by atoms with Gasteiger partial charge in [0.25, 0.3) is 5.56 Å². The minimum absolute atomic E-state index is 0.0407. The van der Waals surface area contributed by atoms with E-state index in [2.05, 4.69) is 0 Å². The average molecular weight is 466 g/mol. The van der Waals surface area contributed by atoms with E-state index in [0.717, 1.165) is 19.3 Å². The number of carbonyl (C=O) groups is 1. The lowest BCUT2D eigenvalue weighted by Gasteiger charge is -2.25. The molecule has 5 rings (SSSR count). The van der Waals surface area contributed by atoms with Crippen LogP contribution in [0.5, 0.6) is 5.75 Å². The third kappa shape index (κ3) is 3.54. The number of carboxylic acids is 1. The standard InChI is InChI=1S/C21H20ClNO7S/c22-16-6-14-18(7-17(16)30-9-11-3-4-29-8-11)31(27,28)10-12-5-15(21(25)26)20(24)23(19(12)14)13-1-2-13/h5-7,11,13H,1-4,8-10H2,(H,25,26)/t11-/m0/s1. The molecule has 3 aliphatic rings. The number of halogens is 1. The molecule has 0 amide bonds. The van der Waals surface area contributed by atoms with Crippen molar-refractivity contribution in [2.24, 2.45) is 5.92 Å². The number of ether oxygens (including phenoxy) is 2. The second-order valence-electron chi connectivity index (χ2n) is 8.22. The molecule has 3 heterocycles. The Morgan fingerprint density at radius 1 is 1.26 bits per heavy atom. The zero-order chi connectivity index (χ0) is 21.9. The summed E-state index contributed by atoms with van der Waals surface area (Å²) in [6.07, 6.45) is 2.33. The maximum Gasteiger partial charge on any atom is 0.341 e. The van der Waals surface area contributed by atoms with Gasteiger partial charge >= 0.3 is 5.97 Å². The Morgan fingerprint density at radius 2 is 2.03 bits per heavy atom. The first-order valence-electron chi connectivity index (χ1n) is 10.0. The lowest BCUT2D eigenvalue weighted by molar-refractivity contribution is 0.0694. The zero-order valence-electron chi connectivity index (χ0n) is 16.5. The fourth-order valence-electron chi connectivity index (χ4n) is 4.23. The van der Waals surface area contributed by atoms with E-state index in [1.165, 1.54) is 22.8 Å². The van der Waals surface area contributed by atoms with Crippen LogP contribution in [0.1, 0.15) is 41.2 Å². The first-order valence-corrected chi connectivity index (χ1v) is 12.1. The molecule has 8 nitrogen and oxygen atoms in total. The van der Waals surface area contributed by atoms with E-state index < -0.39 is 26.9 Å². The van der Waals surface area contributed by atoms with Crippen molar-refractivity contribution in [3.63, 3.8) is 0 Å². The van der Waals surface area contributed by atoms with E-state index in [9.17, 15) is 23.1 Å². The largest absolute Gasteiger partial charge is 0.492 e. The molecule has 0 unspecified atom stereocenters. The van der Waals surface area contributed by atoms with Crippen molar-refractivity contribution in [2.75, 3.05) is 19.8 Å². The summed E-state index contributed by atoms with van der Waals surface area (Å²) in [5.74, 6) is -1.27. The molecule has 1 aromatic carbocycles. The fourth-order valence-corrected chi connectivity index (χ4v) is 6.01. The van der Waals surface area contributed by atoms with Crippen LogP contribution >= 0.6 is 11.6 Å². The predicted molar refractivity (Wildman–Crippen MR) is 112 cm³/mol. The number of rotatable bonds is 5. The molecular weight excluding hydrogens is 446 g/mol. The van der Waals surface area contributed by atoms with Crippen LogP contribution in [-0.2, 0) is 20.3 Å². The van der Waals surface area contributed by atoms with Crippen molar-refractivity contribution < 1.29 is 27.8 Å². The SMILES string of the molecule is O=C(O)c1cc2c(n(C3CC3)c1=O)-c1cc(Cl)c(OC[C@H]3CCOC3)cc1S(=O)(=O)C2. The smallest absolute Gasteiger partial charge is 0.341 e. The van der Waals surface area contributed by atoms with Crippen molar-refractivity contribution in [1.29, 1.82) is 0 Å². The number of hydrogen-bond donors (Lipinski definition) is 1. The van der Waals surface area contributed by atoms with E-state index in [-0.39, 0.29) is 33.4 Å². The molecule has 0 spiro atoms. The Hall–Kier alpha value is -2.36. The zero-order valence-corrected chi connectivity index (χ0v) is 18.0. The van der Waals surface area contributed by atoms with Crippen molar-refractivity contribution in [3.8, 4) is 17.0 Å². The van der Waals surface area contributed by atoms with Gasteiger partial charge in [0.05, 0.1) is 34.6 Å². The maximum atomic E-state index is 13.1. The molecule has 31 heavy (non-hydrogen) atoms. The van der Waals surface area contributed by atoms with Gasteiger partial charge in [-0.15, -0.1) is 0 Å². The highest BCUT2D eigenvalue weighted by Gasteiger charge is 2.37. The Balaban J connectivity index is 1.66. The van der Waals surface area contributed by atoms with E-state index >= 15 is 0 Å². The van der Waals surface area contributed by atoms with Gasteiger partial charge in [0.2, 0.25) is 0 Å². The van der Waals surface area contributed by atoms with Gasteiger partial charge in [-0.2, -0.15) is 0 Å². The van der Waals surface area contributed by atoms with Crippen LogP contribution in [-0.4, -0.2) is 43.9 Å². The molecule has 164 valence electrons. The van der Waals surface area contributed by atoms with Gasteiger partial charge in [-0.3, -0.25) is 4.79 Å². The molecule has 0 bridgehead atoms. The summed E-state index contributed by atoms with van der Waals surface area (Å²) in [6, 6.07) is 3.95. The van der Waals surface area contributed by atoms with E-state index in [1.807, 2.05) is 0 Å². The molecule has 1 N–H and O–H groups in total. The van der Waals surface area contributed by atoms with Crippen molar-refractivity contribution in [2.45, 2.75) is 36.0 Å². The van der Waals surface area contributed by atoms with Crippen LogP contribution < -0.4 is 10.3 Å². The van der Waals surface area contributed by atoms with Gasteiger partial charge in [-0.05, 0) is 37.0 Å². The molecule has 1 saturated heterocycles. The summed E-state index contributed by atoms with van der Waals surface area (Å²) in [5.41, 5.74) is -0.0150. The third-order valence-electron chi connectivity index (χ3n) is 5.92. The lowest BCUT2D eigenvalue weighted by atomic mass is 10.0. The number of aromatic nitrogens is 1. The number of sulfone groups is 1.